The molecule has 0 saturated carbocycles. The highest BCUT2D eigenvalue weighted by Crippen LogP contribution is 2.37. The average molecular weight is 410 g/mol. The zero-order valence-corrected chi connectivity index (χ0v) is 14.3. The number of benzene rings is 2. The normalized spacial score (nSPS) is 11.2. The van der Waals surface area contributed by atoms with Gasteiger partial charge in [0.05, 0.1) is 17.5 Å². The molecule has 0 aliphatic carbocycles. The van der Waals surface area contributed by atoms with Crippen LogP contribution in [0.4, 0.5) is 33.3 Å². The van der Waals surface area contributed by atoms with Crippen LogP contribution in [0.15, 0.2) is 59.2 Å². The van der Waals surface area contributed by atoms with Crippen molar-refractivity contribution in [1.29, 1.82) is 0 Å². The SMILES string of the molecule is O=C(Nc1ccc(NC(=O)c2c(F)cccc2F)c(C(F)(F)F)c1)c1ccco1. The minimum absolute atomic E-state index is 0.119. The molecule has 0 aliphatic heterocycles. The van der Waals surface area contributed by atoms with Crippen LogP contribution in [0.25, 0.3) is 0 Å². The van der Waals surface area contributed by atoms with Crippen LogP contribution in [0, 0.1) is 11.6 Å². The van der Waals surface area contributed by atoms with E-state index in [1.165, 1.54) is 18.4 Å². The van der Waals surface area contributed by atoms with E-state index >= 15 is 0 Å². The average Bonchev–Trinajstić information content (AvgIpc) is 3.17. The van der Waals surface area contributed by atoms with Crippen LogP contribution in [-0.2, 0) is 6.18 Å². The van der Waals surface area contributed by atoms with Crippen molar-refractivity contribution in [3.05, 3.63) is 83.3 Å². The van der Waals surface area contributed by atoms with Crippen LogP contribution in [0.3, 0.4) is 0 Å². The zero-order chi connectivity index (χ0) is 21.2. The molecular weight excluding hydrogens is 399 g/mol. The van der Waals surface area contributed by atoms with Gasteiger partial charge >= 0.3 is 6.18 Å². The van der Waals surface area contributed by atoms with E-state index in [4.69, 9.17) is 4.42 Å². The summed E-state index contributed by atoms with van der Waals surface area (Å²) in [5, 5.41) is 4.07. The second-order valence-corrected chi connectivity index (χ2v) is 5.74. The van der Waals surface area contributed by atoms with E-state index < -0.39 is 46.4 Å². The highest BCUT2D eigenvalue weighted by molar-refractivity contribution is 6.06. The van der Waals surface area contributed by atoms with Crippen molar-refractivity contribution < 1.29 is 36.0 Å². The maximum absolute atomic E-state index is 13.7. The van der Waals surface area contributed by atoms with Crippen molar-refractivity contribution in [3.63, 3.8) is 0 Å². The number of carbonyl (C=O) groups is 2. The number of furan rings is 1. The Morgan fingerprint density at radius 1 is 0.862 bits per heavy atom. The number of alkyl halides is 3. The molecule has 0 fully saturated rings. The lowest BCUT2D eigenvalue weighted by Crippen LogP contribution is -2.19. The Bertz CT molecular complexity index is 1040. The van der Waals surface area contributed by atoms with Crippen LogP contribution in [0.2, 0.25) is 0 Å². The predicted octanol–water partition coefficient (Wildman–Crippen LogP) is 5.08. The molecule has 0 spiro atoms. The summed E-state index contributed by atoms with van der Waals surface area (Å²) in [7, 11) is 0. The summed E-state index contributed by atoms with van der Waals surface area (Å²) in [6.45, 7) is 0. The quantitative estimate of drug-likeness (QED) is 0.590. The molecule has 2 amide bonds. The van der Waals surface area contributed by atoms with Crippen molar-refractivity contribution in [2.75, 3.05) is 10.6 Å². The minimum atomic E-state index is -4.93. The number of hydrogen-bond donors (Lipinski definition) is 2. The fourth-order valence-corrected chi connectivity index (χ4v) is 2.47. The molecule has 0 aliphatic rings. The van der Waals surface area contributed by atoms with E-state index in [1.807, 2.05) is 5.32 Å². The molecule has 150 valence electrons. The molecule has 1 heterocycles. The molecular formula is C19H11F5N2O3. The molecule has 2 aromatic carbocycles. The third-order valence-corrected chi connectivity index (χ3v) is 3.77. The first-order valence-corrected chi connectivity index (χ1v) is 7.98. The molecule has 10 heteroatoms. The Balaban J connectivity index is 1.91. The Hall–Kier alpha value is -3.69. The third kappa shape index (κ3) is 4.42. The smallest absolute Gasteiger partial charge is 0.418 e. The summed E-state index contributed by atoms with van der Waals surface area (Å²) in [6.07, 6.45) is -3.71. The molecule has 0 bridgehead atoms. The van der Waals surface area contributed by atoms with Crippen LogP contribution in [0.1, 0.15) is 26.5 Å². The highest BCUT2D eigenvalue weighted by atomic mass is 19.4. The van der Waals surface area contributed by atoms with E-state index in [0.29, 0.717) is 6.07 Å². The monoisotopic (exact) mass is 410 g/mol. The van der Waals surface area contributed by atoms with E-state index in [9.17, 15) is 31.5 Å². The minimum Gasteiger partial charge on any atom is -0.459 e. The standard InChI is InChI=1S/C19H11F5N2O3/c20-12-3-1-4-13(21)16(12)18(28)26-14-7-6-10(9-11(14)19(22,23)24)25-17(27)15-5-2-8-29-15/h1-9H,(H,25,27)(H,26,28). The second kappa shape index (κ2) is 7.74. The number of halogens is 5. The van der Waals surface area contributed by atoms with Gasteiger partial charge < -0.3 is 15.1 Å². The van der Waals surface area contributed by atoms with Crippen molar-refractivity contribution in [2.24, 2.45) is 0 Å². The molecule has 1 aromatic heterocycles. The van der Waals surface area contributed by atoms with Crippen molar-refractivity contribution in [2.45, 2.75) is 6.18 Å². The van der Waals surface area contributed by atoms with Gasteiger partial charge in [0, 0.05) is 5.69 Å². The summed E-state index contributed by atoms with van der Waals surface area (Å²) in [5.74, 6) is -4.74. The first-order valence-electron chi connectivity index (χ1n) is 7.98. The van der Waals surface area contributed by atoms with Crippen LogP contribution >= 0.6 is 0 Å². The number of nitrogens with one attached hydrogen (secondary N) is 2. The van der Waals surface area contributed by atoms with Crippen molar-refractivity contribution in [3.8, 4) is 0 Å². The number of amides is 2. The number of rotatable bonds is 4. The van der Waals surface area contributed by atoms with Gasteiger partial charge in [-0.05, 0) is 42.5 Å². The molecule has 29 heavy (non-hydrogen) atoms. The van der Waals surface area contributed by atoms with E-state index in [-0.39, 0.29) is 11.4 Å². The van der Waals surface area contributed by atoms with E-state index in [2.05, 4.69) is 5.32 Å². The lowest BCUT2D eigenvalue weighted by molar-refractivity contribution is -0.136. The van der Waals surface area contributed by atoms with Gasteiger partial charge in [0.2, 0.25) is 0 Å². The molecule has 0 unspecified atom stereocenters. The molecule has 0 radical (unpaired) electrons. The summed E-state index contributed by atoms with van der Waals surface area (Å²) < 4.78 is 72.5. The van der Waals surface area contributed by atoms with Crippen molar-refractivity contribution in [1.82, 2.24) is 0 Å². The Morgan fingerprint density at radius 3 is 2.14 bits per heavy atom. The fraction of sp³-hybridized carbons (Fsp3) is 0.0526. The second-order valence-electron chi connectivity index (χ2n) is 5.74. The first kappa shape index (κ1) is 20.1. The Kier molecular flexibility index (Phi) is 5.35. The predicted molar refractivity (Wildman–Crippen MR) is 92.4 cm³/mol. The van der Waals surface area contributed by atoms with Gasteiger partial charge in [-0.3, -0.25) is 9.59 Å². The number of anilines is 2. The molecule has 2 N–H and O–H groups in total. The van der Waals surface area contributed by atoms with E-state index in [0.717, 1.165) is 30.3 Å². The first-order chi connectivity index (χ1) is 13.7. The van der Waals surface area contributed by atoms with Crippen LogP contribution in [0.5, 0.6) is 0 Å². The molecule has 3 rings (SSSR count). The Labute approximate surface area is 160 Å². The number of hydrogen-bond acceptors (Lipinski definition) is 3. The Morgan fingerprint density at radius 2 is 1.55 bits per heavy atom. The maximum Gasteiger partial charge on any atom is 0.418 e. The van der Waals surface area contributed by atoms with E-state index in [1.54, 1.807) is 0 Å². The summed E-state index contributed by atoms with van der Waals surface area (Å²) in [5.41, 5.74) is -3.30. The van der Waals surface area contributed by atoms with Crippen LogP contribution < -0.4 is 10.6 Å². The fourth-order valence-electron chi connectivity index (χ4n) is 2.47. The van der Waals surface area contributed by atoms with Gasteiger partial charge in [0.1, 0.15) is 17.2 Å². The third-order valence-electron chi connectivity index (χ3n) is 3.77. The lowest BCUT2D eigenvalue weighted by atomic mass is 10.1. The van der Waals surface area contributed by atoms with Crippen LogP contribution in [-0.4, -0.2) is 11.8 Å². The maximum atomic E-state index is 13.7. The van der Waals surface area contributed by atoms with Gasteiger partial charge in [0.15, 0.2) is 5.76 Å². The molecule has 3 aromatic rings. The number of carbonyl (C=O) groups excluding carboxylic acids is 2. The molecule has 0 atom stereocenters. The largest absolute Gasteiger partial charge is 0.459 e. The molecule has 0 saturated heterocycles. The van der Waals surface area contributed by atoms with Gasteiger partial charge in [0.25, 0.3) is 11.8 Å². The van der Waals surface area contributed by atoms with Crippen molar-refractivity contribution >= 4 is 23.2 Å². The van der Waals surface area contributed by atoms with Gasteiger partial charge in [-0.2, -0.15) is 13.2 Å². The molecule has 5 nitrogen and oxygen atoms in total. The van der Waals surface area contributed by atoms with Gasteiger partial charge in [-0.1, -0.05) is 6.07 Å². The zero-order valence-electron chi connectivity index (χ0n) is 14.3. The summed E-state index contributed by atoms with van der Waals surface area (Å²) in [4.78, 5) is 24.0. The van der Waals surface area contributed by atoms with Gasteiger partial charge in [-0.15, -0.1) is 0 Å². The summed E-state index contributed by atoms with van der Waals surface area (Å²) >= 11 is 0. The lowest BCUT2D eigenvalue weighted by Gasteiger charge is -2.16. The topological polar surface area (TPSA) is 71.3 Å². The summed E-state index contributed by atoms with van der Waals surface area (Å²) in [6, 6.07) is 7.88. The highest BCUT2D eigenvalue weighted by Gasteiger charge is 2.35. The van der Waals surface area contributed by atoms with Gasteiger partial charge in [-0.25, -0.2) is 8.78 Å².